The highest BCUT2D eigenvalue weighted by molar-refractivity contribution is 6.21. The molecule has 1 aromatic rings. The van der Waals surface area contributed by atoms with Gasteiger partial charge in [0.15, 0.2) is 0 Å². The molecule has 0 saturated carbocycles. The van der Waals surface area contributed by atoms with Crippen molar-refractivity contribution in [1.82, 2.24) is 5.32 Å². The fourth-order valence-electron chi connectivity index (χ4n) is 1.87. The highest BCUT2D eigenvalue weighted by Crippen LogP contribution is 2.25. The third-order valence-electron chi connectivity index (χ3n) is 2.78. The van der Waals surface area contributed by atoms with Crippen LogP contribution in [-0.4, -0.2) is 38.2 Å². The second-order valence-corrected chi connectivity index (χ2v) is 4.80. The maximum Gasteiger partial charge on any atom is 0.251 e. The van der Waals surface area contributed by atoms with E-state index in [2.05, 4.69) is 5.32 Å². The predicted octanol–water partition coefficient (Wildman–Crippen LogP) is 1.61. The number of nitrogens with one attached hydrogen (secondary N) is 1. The summed E-state index contributed by atoms with van der Waals surface area (Å²) in [4.78, 5) is 11.9. The van der Waals surface area contributed by atoms with E-state index in [4.69, 9.17) is 21.1 Å². The van der Waals surface area contributed by atoms with Gasteiger partial charge >= 0.3 is 0 Å². The number of ether oxygens (including phenoxy) is 2. The number of alkyl halides is 1. The number of hydrogen-bond donors (Lipinski definition) is 1. The maximum absolute atomic E-state index is 11.9. The zero-order chi connectivity index (χ0) is 13.0. The van der Waals surface area contributed by atoms with Crippen LogP contribution in [0.4, 0.5) is 0 Å². The highest BCUT2D eigenvalue weighted by Gasteiger charge is 2.15. The first kappa shape index (κ1) is 13.2. The van der Waals surface area contributed by atoms with Crippen LogP contribution in [-0.2, 0) is 11.2 Å². The molecule has 1 amide bonds. The van der Waals surface area contributed by atoms with Gasteiger partial charge in [-0.05, 0) is 23.8 Å². The molecule has 1 unspecified atom stereocenters. The molecule has 1 heterocycles. The summed E-state index contributed by atoms with van der Waals surface area (Å²) >= 11 is 5.95. The van der Waals surface area contributed by atoms with Gasteiger partial charge in [0.25, 0.3) is 5.91 Å². The molecular formula is C13H16ClNO3. The normalized spacial score (nSPS) is 14.8. The molecule has 1 aliphatic rings. The Bertz CT molecular complexity index is 436. The third-order valence-corrected chi connectivity index (χ3v) is 3.06. The topological polar surface area (TPSA) is 47.6 Å². The van der Waals surface area contributed by atoms with Gasteiger partial charge < -0.3 is 14.8 Å². The van der Waals surface area contributed by atoms with Gasteiger partial charge in [0.05, 0.1) is 18.6 Å². The largest absolute Gasteiger partial charge is 0.493 e. The summed E-state index contributed by atoms with van der Waals surface area (Å²) < 4.78 is 10.3. The van der Waals surface area contributed by atoms with Crippen molar-refractivity contribution >= 4 is 17.5 Å². The fourth-order valence-corrected chi connectivity index (χ4v) is 2.08. The molecular weight excluding hydrogens is 254 g/mol. The molecule has 1 aliphatic heterocycles. The zero-order valence-corrected chi connectivity index (χ0v) is 11.0. The highest BCUT2D eigenvalue weighted by atomic mass is 35.5. The Balaban J connectivity index is 1.93. The standard InChI is InChI=1S/C13H16ClNO3/c1-17-8-11(14)7-15-13(16)10-2-3-12-9(6-10)4-5-18-12/h2-3,6,11H,4-5,7-8H2,1H3,(H,15,16). The van der Waals surface area contributed by atoms with E-state index < -0.39 is 0 Å². The molecule has 0 radical (unpaired) electrons. The van der Waals surface area contributed by atoms with Crippen LogP contribution in [0.25, 0.3) is 0 Å². The molecule has 2 rings (SSSR count). The number of rotatable bonds is 5. The molecule has 98 valence electrons. The molecule has 1 atom stereocenters. The minimum absolute atomic E-state index is 0.119. The van der Waals surface area contributed by atoms with Gasteiger partial charge in [-0.15, -0.1) is 11.6 Å². The number of halogens is 1. The predicted molar refractivity (Wildman–Crippen MR) is 69.5 cm³/mol. The van der Waals surface area contributed by atoms with Gasteiger partial charge in [0.1, 0.15) is 5.75 Å². The second kappa shape index (κ2) is 6.07. The molecule has 4 nitrogen and oxygen atoms in total. The number of carbonyl (C=O) groups excluding carboxylic acids is 1. The summed E-state index contributed by atoms with van der Waals surface area (Å²) in [5.74, 6) is 0.757. The Morgan fingerprint density at radius 2 is 2.44 bits per heavy atom. The van der Waals surface area contributed by atoms with E-state index in [1.807, 2.05) is 12.1 Å². The summed E-state index contributed by atoms with van der Waals surface area (Å²) in [5.41, 5.74) is 1.72. The Labute approximate surface area is 111 Å². The van der Waals surface area contributed by atoms with Crippen LogP contribution in [0.3, 0.4) is 0 Å². The number of carbonyl (C=O) groups is 1. The monoisotopic (exact) mass is 269 g/mol. The Kier molecular flexibility index (Phi) is 4.44. The lowest BCUT2D eigenvalue weighted by molar-refractivity contribution is 0.0949. The summed E-state index contributed by atoms with van der Waals surface area (Å²) in [6.45, 7) is 1.50. The molecule has 0 aliphatic carbocycles. The molecule has 0 bridgehead atoms. The summed E-state index contributed by atoms with van der Waals surface area (Å²) in [5, 5.41) is 2.57. The molecule has 1 N–H and O–H groups in total. The smallest absolute Gasteiger partial charge is 0.251 e. The molecule has 0 aromatic heterocycles. The summed E-state index contributed by atoms with van der Waals surface area (Å²) in [6, 6.07) is 5.47. The van der Waals surface area contributed by atoms with Crippen molar-refractivity contribution in [2.75, 3.05) is 26.9 Å². The minimum atomic E-state index is -0.211. The van der Waals surface area contributed by atoms with Crippen LogP contribution in [0.1, 0.15) is 15.9 Å². The lowest BCUT2D eigenvalue weighted by atomic mass is 10.1. The zero-order valence-electron chi connectivity index (χ0n) is 10.2. The second-order valence-electron chi connectivity index (χ2n) is 4.18. The van der Waals surface area contributed by atoms with E-state index in [1.165, 1.54) is 0 Å². The Hall–Kier alpha value is -1.26. The summed E-state index contributed by atoms with van der Waals surface area (Å²) in [7, 11) is 1.58. The average Bonchev–Trinajstić information content (AvgIpc) is 2.83. The Morgan fingerprint density at radius 3 is 3.22 bits per heavy atom. The number of hydrogen-bond acceptors (Lipinski definition) is 3. The Morgan fingerprint density at radius 1 is 1.61 bits per heavy atom. The first-order valence-corrected chi connectivity index (χ1v) is 6.31. The van der Waals surface area contributed by atoms with Crippen molar-refractivity contribution in [1.29, 1.82) is 0 Å². The molecule has 0 saturated heterocycles. The average molecular weight is 270 g/mol. The third kappa shape index (κ3) is 3.15. The van der Waals surface area contributed by atoms with Crippen LogP contribution in [0.2, 0.25) is 0 Å². The minimum Gasteiger partial charge on any atom is -0.493 e. The number of fused-ring (bicyclic) bond motifs is 1. The van der Waals surface area contributed by atoms with E-state index in [-0.39, 0.29) is 11.3 Å². The fraction of sp³-hybridized carbons (Fsp3) is 0.462. The molecule has 18 heavy (non-hydrogen) atoms. The van der Waals surface area contributed by atoms with E-state index in [9.17, 15) is 4.79 Å². The molecule has 0 fully saturated rings. The first-order valence-electron chi connectivity index (χ1n) is 5.87. The van der Waals surface area contributed by atoms with E-state index >= 15 is 0 Å². The summed E-state index contributed by atoms with van der Waals surface area (Å²) in [6.07, 6.45) is 0.859. The van der Waals surface area contributed by atoms with Crippen molar-refractivity contribution in [2.45, 2.75) is 11.8 Å². The van der Waals surface area contributed by atoms with Crippen LogP contribution < -0.4 is 10.1 Å². The van der Waals surface area contributed by atoms with E-state index in [0.717, 1.165) is 17.7 Å². The first-order chi connectivity index (χ1) is 8.70. The van der Waals surface area contributed by atoms with E-state index in [0.29, 0.717) is 25.3 Å². The van der Waals surface area contributed by atoms with Gasteiger partial charge in [-0.1, -0.05) is 0 Å². The van der Waals surface area contributed by atoms with Crippen molar-refractivity contribution in [3.05, 3.63) is 29.3 Å². The SMILES string of the molecule is COCC(Cl)CNC(=O)c1ccc2c(c1)CCO2. The van der Waals surface area contributed by atoms with Crippen molar-refractivity contribution in [3.63, 3.8) is 0 Å². The van der Waals surface area contributed by atoms with Gasteiger partial charge in [0, 0.05) is 25.6 Å². The molecule has 1 aromatic carbocycles. The van der Waals surface area contributed by atoms with Crippen LogP contribution >= 0.6 is 11.6 Å². The number of amides is 1. The maximum atomic E-state index is 11.9. The van der Waals surface area contributed by atoms with Crippen LogP contribution in [0.15, 0.2) is 18.2 Å². The lowest BCUT2D eigenvalue weighted by Crippen LogP contribution is -2.31. The number of methoxy groups -OCH3 is 1. The van der Waals surface area contributed by atoms with Crippen LogP contribution in [0.5, 0.6) is 5.75 Å². The van der Waals surface area contributed by atoms with Gasteiger partial charge in [-0.3, -0.25) is 4.79 Å². The van der Waals surface area contributed by atoms with E-state index in [1.54, 1.807) is 13.2 Å². The van der Waals surface area contributed by atoms with Crippen molar-refractivity contribution in [2.24, 2.45) is 0 Å². The van der Waals surface area contributed by atoms with Gasteiger partial charge in [-0.25, -0.2) is 0 Å². The quantitative estimate of drug-likeness (QED) is 0.826. The van der Waals surface area contributed by atoms with Gasteiger partial charge in [-0.2, -0.15) is 0 Å². The number of benzene rings is 1. The van der Waals surface area contributed by atoms with Crippen molar-refractivity contribution < 1.29 is 14.3 Å². The molecule has 0 spiro atoms. The van der Waals surface area contributed by atoms with Crippen molar-refractivity contribution in [3.8, 4) is 5.75 Å². The molecule has 5 heteroatoms. The lowest BCUT2D eigenvalue weighted by Gasteiger charge is -2.10. The van der Waals surface area contributed by atoms with Crippen LogP contribution in [0, 0.1) is 0 Å². The van der Waals surface area contributed by atoms with Gasteiger partial charge in [0.2, 0.25) is 0 Å².